The van der Waals surface area contributed by atoms with Crippen molar-refractivity contribution in [2.45, 2.75) is 36.5 Å². The molecular weight excluding hydrogens is 447 g/mol. The maximum Gasteiger partial charge on any atom is 0.416 e. The Morgan fingerprint density at radius 2 is 1.94 bits per heavy atom. The third-order valence-electron chi connectivity index (χ3n) is 6.87. The van der Waals surface area contributed by atoms with Crippen LogP contribution in [0.15, 0.2) is 53.8 Å². The Kier molecular flexibility index (Phi) is 5.95. The number of aromatic nitrogens is 4. The molecule has 5 nitrogen and oxygen atoms in total. The minimum Gasteiger partial charge on any atom is -0.304 e. The van der Waals surface area contributed by atoms with Gasteiger partial charge in [-0.2, -0.15) is 13.2 Å². The van der Waals surface area contributed by atoms with E-state index in [1.54, 1.807) is 30.1 Å². The maximum absolute atomic E-state index is 12.8. The lowest BCUT2D eigenvalue weighted by molar-refractivity contribution is -0.137. The van der Waals surface area contributed by atoms with Gasteiger partial charge in [0.1, 0.15) is 5.69 Å². The van der Waals surface area contributed by atoms with Crippen LogP contribution >= 0.6 is 11.8 Å². The molecule has 0 bridgehead atoms. The number of pyridine rings is 1. The van der Waals surface area contributed by atoms with E-state index in [4.69, 9.17) is 0 Å². The molecule has 2 atom stereocenters. The van der Waals surface area contributed by atoms with Crippen molar-refractivity contribution in [1.29, 1.82) is 0 Å². The van der Waals surface area contributed by atoms with Crippen LogP contribution in [-0.4, -0.2) is 50.0 Å². The predicted octanol–water partition coefficient (Wildman–Crippen LogP) is 5.26. The number of nitrogens with zero attached hydrogens (tertiary/aromatic N) is 5. The lowest BCUT2D eigenvalue weighted by atomic mass is 9.97. The number of thioether (sulfide) groups is 1. The van der Waals surface area contributed by atoms with Crippen LogP contribution < -0.4 is 0 Å². The fourth-order valence-electron chi connectivity index (χ4n) is 4.96. The highest BCUT2D eigenvalue weighted by Gasteiger charge is 2.57. The first-order chi connectivity index (χ1) is 15.9. The number of hydrogen-bond acceptors (Lipinski definition) is 5. The predicted molar refractivity (Wildman–Crippen MR) is 122 cm³/mol. The average Bonchev–Trinajstić information content (AvgIpc) is 3.15. The molecule has 0 amide bonds. The molecule has 0 radical (unpaired) electrons. The lowest BCUT2D eigenvalue weighted by Gasteiger charge is -2.16. The number of halogens is 3. The zero-order chi connectivity index (χ0) is 23.1. The smallest absolute Gasteiger partial charge is 0.304 e. The van der Waals surface area contributed by atoms with Crippen molar-refractivity contribution < 1.29 is 13.2 Å². The first-order valence-electron chi connectivity index (χ1n) is 11.2. The molecule has 33 heavy (non-hydrogen) atoms. The molecule has 1 aliphatic carbocycles. The normalized spacial score (nSPS) is 22.8. The van der Waals surface area contributed by atoms with E-state index in [-0.39, 0.29) is 5.41 Å². The fourth-order valence-corrected chi connectivity index (χ4v) is 5.79. The van der Waals surface area contributed by atoms with Crippen molar-refractivity contribution in [3.8, 4) is 11.5 Å². The van der Waals surface area contributed by atoms with Crippen LogP contribution in [-0.2, 0) is 13.2 Å². The first-order valence-corrected chi connectivity index (χ1v) is 12.2. The number of rotatable bonds is 7. The zero-order valence-electron chi connectivity index (χ0n) is 18.4. The van der Waals surface area contributed by atoms with E-state index in [9.17, 15) is 13.2 Å². The standard InChI is InChI=1S/C24H26F3N5S/c1-31-21(20-5-2-3-11-28-20)29-30-22(31)33-14-4-12-32-13-10-23(16-32)15-19(23)17-6-8-18(9-7-17)24(25,26)27/h2-3,5-9,11,19H,4,10,12-16H2,1H3/t19-,23?/m1/s1. The molecule has 9 heteroatoms. The van der Waals surface area contributed by atoms with Gasteiger partial charge in [0.05, 0.1) is 5.56 Å². The molecule has 3 aromatic rings. The molecule has 174 valence electrons. The Balaban J connectivity index is 1.09. The monoisotopic (exact) mass is 473 g/mol. The summed E-state index contributed by atoms with van der Waals surface area (Å²) in [5.74, 6) is 2.12. The van der Waals surface area contributed by atoms with Gasteiger partial charge in [0, 0.05) is 25.5 Å². The summed E-state index contributed by atoms with van der Waals surface area (Å²) in [5.41, 5.74) is 1.55. The number of alkyl halides is 3. The Hall–Kier alpha value is -2.39. The SMILES string of the molecule is Cn1c(SCCCN2CCC3(C[C@@H]3c3ccc(C(F)(F)F)cc3)C2)nnc1-c1ccccn1. The highest BCUT2D eigenvalue weighted by atomic mass is 32.2. The summed E-state index contributed by atoms with van der Waals surface area (Å²) in [5, 5.41) is 9.48. The summed E-state index contributed by atoms with van der Waals surface area (Å²) in [6, 6.07) is 11.5. The average molecular weight is 474 g/mol. The van der Waals surface area contributed by atoms with Gasteiger partial charge in [-0.15, -0.1) is 10.2 Å². The summed E-state index contributed by atoms with van der Waals surface area (Å²) >= 11 is 1.71. The Labute approximate surface area is 195 Å². The van der Waals surface area contributed by atoms with Crippen LogP contribution in [0.25, 0.3) is 11.5 Å². The van der Waals surface area contributed by atoms with Crippen molar-refractivity contribution in [2.24, 2.45) is 12.5 Å². The quantitative estimate of drug-likeness (QED) is 0.346. The third-order valence-corrected chi connectivity index (χ3v) is 7.98. The van der Waals surface area contributed by atoms with Gasteiger partial charge in [0.25, 0.3) is 0 Å². The van der Waals surface area contributed by atoms with Crippen LogP contribution in [0.3, 0.4) is 0 Å². The van der Waals surface area contributed by atoms with Crippen molar-refractivity contribution >= 4 is 11.8 Å². The lowest BCUT2D eigenvalue weighted by Crippen LogP contribution is -2.23. The van der Waals surface area contributed by atoms with Crippen molar-refractivity contribution in [1.82, 2.24) is 24.6 Å². The Morgan fingerprint density at radius 3 is 2.67 bits per heavy atom. The third kappa shape index (κ3) is 4.66. The molecule has 2 aromatic heterocycles. The molecule has 1 aliphatic heterocycles. The van der Waals surface area contributed by atoms with E-state index in [1.807, 2.05) is 29.8 Å². The van der Waals surface area contributed by atoms with Gasteiger partial charge >= 0.3 is 6.18 Å². The van der Waals surface area contributed by atoms with Crippen LogP contribution in [0, 0.1) is 5.41 Å². The second-order valence-corrected chi connectivity index (χ2v) is 10.1. The van der Waals surface area contributed by atoms with Gasteiger partial charge < -0.3 is 9.47 Å². The highest BCUT2D eigenvalue weighted by Crippen LogP contribution is 2.64. The summed E-state index contributed by atoms with van der Waals surface area (Å²) in [7, 11) is 1.96. The van der Waals surface area contributed by atoms with E-state index >= 15 is 0 Å². The molecule has 3 heterocycles. The highest BCUT2D eigenvalue weighted by molar-refractivity contribution is 7.99. The van der Waals surface area contributed by atoms with Crippen LogP contribution in [0.1, 0.15) is 36.3 Å². The Bertz CT molecular complexity index is 1100. The van der Waals surface area contributed by atoms with E-state index in [0.717, 1.165) is 66.9 Å². The summed E-state index contributed by atoms with van der Waals surface area (Å²) < 4.78 is 40.4. The van der Waals surface area contributed by atoms with Crippen molar-refractivity contribution in [3.05, 3.63) is 59.8 Å². The first kappa shape index (κ1) is 22.4. The second-order valence-electron chi connectivity index (χ2n) is 9.05. The minimum absolute atomic E-state index is 0.258. The van der Waals surface area contributed by atoms with Gasteiger partial charge in [-0.3, -0.25) is 4.98 Å². The summed E-state index contributed by atoms with van der Waals surface area (Å²) in [6.45, 7) is 3.13. The largest absolute Gasteiger partial charge is 0.416 e. The molecule has 2 fully saturated rings. The summed E-state index contributed by atoms with van der Waals surface area (Å²) in [4.78, 5) is 6.85. The number of benzene rings is 1. The second kappa shape index (κ2) is 8.76. The van der Waals surface area contributed by atoms with Gasteiger partial charge in [-0.25, -0.2) is 0 Å². The van der Waals surface area contributed by atoms with Gasteiger partial charge in [-0.05, 0) is 73.5 Å². The van der Waals surface area contributed by atoms with Crippen LogP contribution in [0.4, 0.5) is 13.2 Å². The molecule has 1 saturated carbocycles. The number of likely N-dealkylation sites (tertiary alicyclic amines) is 1. The molecule has 1 saturated heterocycles. The van der Waals surface area contributed by atoms with E-state index in [1.165, 1.54) is 12.1 Å². The zero-order valence-corrected chi connectivity index (χ0v) is 19.2. The van der Waals surface area contributed by atoms with Crippen LogP contribution in [0.2, 0.25) is 0 Å². The van der Waals surface area contributed by atoms with Gasteiger partial charge in [0.15, 0.2) is 11.0 Å². The molecule has 5 rings (SSSR count). The fraction of sp³-hybridized carbons (Fsp3) is 0.458. The van der Waals surface area contributed by atoms with Crippen molar-refractivity contribution in [3.63, 3.8) is 0 Å². The molecule has 0 N–H and O–H groups in total. The van der Waals surface area contributed by atoms with Gasteiger partial charge in [-0.1, -0.05) is 30.0 Å². The number of hydrogen-bond donors (Lipinski definition) is 0. The van der Waals surface area contributed by atoms with Gasteiger partial charge in [0.2, 0.25) is 0 Å². The topological polar surface area (TPSA) is 46.8 Å². The molecule has 2 aliphatic rings. The molecule has 1 aromatic carbocycles. The summed E-state index contributed by atoms with van der Waals surface area (Å²) in [6.07, 6.45) is 0.743. The minimum atomic E-state index is -4.27. The Morgan fingerprint density at radius 1 is 1.12 bits per heavy atom. The van der Waals surface area contributed by atoms with E-state index in [2.05, 4.69) is 20.1 Å². The van der Waals surface area contributed by atoms with Crippen LogP contribution in [0.5, 0.6) is 0 Å². The molecule has 1 unspecified atom stereocenters. The van der Waals surface area contributed by atoms with Crippen molar-refractivity contribution in [2.75, 3.05) is 25.4 Å². The molecular formula is C24H26F3N5S. The van der Waals surface area contributed by atoms with E-state index in [0.29, 0.717) is 5.92 Å². The maximum atomic E-state index is 12.8. The van der Waals surface area contributed by atoms with E-state index < -0.39 is 11.7 Å². The molecule has 1 spiro atoms.